The molecule has 0 saturated carbocycles. The number of carbonyl (C=O) groups is 1. The highest BCUT2D eigenvalue weighted by molar-refractivity contribution is 5.80. The molecule has 1 unspecified atom stereocenters. The van der Waals surface area contributed by atoms with Crippen LogP contribution in [0.2, 0.25) is 0 Å². The van der Waals surface area contributed by atoms with Crippen molar-refractivity contribution in [3.05, 3.63) is 29.3 Å². The van der Waals surface area contributed by atoms with Gasteiger partial charge in [0, 0.05) is 12.6 Å². The summed E-state index contributed by atoms with van der Waals surface area (Å²) in [5.74, 6) is -0.00597. The number of nitrogens with one attached hydrogen (secondary N) is 1. The van der Waals surface area contributed by atoms with Crippen LogP contribution in [0.1, 0.15) is 43.9 Å². The average molecular weight is 262 g/mol. The zero-order valence-corrected chi connectivity index (χ0v) is 11.6. The van der Waals surface area contributed by atoms with Crippen molar-refractivity contribution in [3.63, 3.8) is 0 Å². The fourth-order valence-corrected chi connectivity index (χ4v) is 2.46. The lowest BCUT2D eigenvalue weighted by molar-refractivity contribution is -0.125. The number of benzene rings is 1. The van der Waals surface area contributed by atoms with Gasteiger partial charge in [-0.3, -0.25) is 4.79 Å². The average Bonchev–Trinajstić information content (AvgIpc) is 2.36. The van der Waals surface area contributed by atoms with E-state index in [9.17, 15) is 9.90 Å². The van der Waals surface area contributed by atoms with Gasteiger partial charge in [0.2, 0.25) is 5.91 Å². The first-order chi connectivity index (χ1) is 8.90. The standard InChI is InChI=1S/C15H22N2O2/c1-15(2,14(16)19)9-17-13-5-3-4-10-6-7-11(18)8-12(10)13/h6-8,13,17-18H,3-5,9H2,1-2H3,(H2,16,19). The lowest BCUT2D eigenvalue weighted by Gasteiger charge is -2.30. The molecule has 19 heavy (non-hydrogen) atoms. The van der Waals surface area contributed by atoms with Gasteiger partial charge in [0.05, 0.1) is 5.41 Å². The third kappa shape index (κ3) is 3.07. The van der Waals surface area contributed by atoms with Crippen LogP contribution in [0, 0.1) is 5.41 Å². The Morgan fingerprint density at radius 3 is 2.95 bits per heavy atom. The van der Waals surface area contributed by atoms with Crippen molar-refractivity contribution in [1.29, 1.82) is 0 Å². The molecule has 1 aromatic carbocycles. The molecule has 0 radical (unpaired) electrons. The molecular formula is C15H22N2O2. The van der Waals surface area contributed by atoms with Gasteiger partial charge in [0.15, 0.2) is 0 Å². The number of fused-ring (bicyclic) bond motifs is 1. The van der Waals surface area contributed by atoms with E-state index in [1.165, 1.54) is 5.56 Å². The van der Waals surface area contributed by atoms with Crippen molar-refractivity contribution in [1.82, 2.24) is 5.32 Å². The second-order valence-electron chi connectivity index (χ2n) is 5.96. The molecule has 1 aromatic rings. The van der Waals surface area contributed by atoms with Crippen molar-refractivity contribution in [2.24, 2.45) is 11.1 Å². The Morgan fingerprint density at radius 1 is 1.53 bits per heavy atom. The molecule has 0 aliphatic heterocycles. The third-order valence-corrected chi connectivity index (χ3v) is 3.90. The number of phenolic OH excluding ortho intramolecular Hbond substituents is 1. The largest absolute Gasteiger partial charge is 0.508 e. The Morgan fingerprint density at radius 2 is 2.26 bits per heavy atom. The molecule has 4 nitrogen and oxygen atoms in total. The number of hydrogen-bond acceptors (Lipinski definition) is 3. The summed E-state index contributed by atoms with van der Waals surface area (Å²) in [5, 5.41) is 13.0. The number of amides is 1. The molecular weight excluding hydrogens is 240 g/mol. The maximum absolute atomic E-state index is 11.3. The first-order valence-corrected chi connectivity index (χ1v) is 6.75. The van der Waals surface area contributed by atoms with Gasteiger partial charge in [0.1, 0.15) is 5.75 Å². The van der Waals surface area contributed by atoms with E-state index in [0.29, 0.717) is 12.3 Å². The molecule has 4 heteroatoms. The second-order valence-corrected chi connectivity index (χ2v) is 5.96. The van der Waals surface area contributed by atoms with Gasteiger partial charge < -0.3 is 16.2 Å². The van der Waals surface area contributed by atoms with Crippen LogP contribution >= 0.6 is 0 Å². The van der Waals surface area contributed by atoms with E-state index in [0.717, 1.165) is 24.8 Å². The minimum absolute atomic E-state index is 0.189. The maximum atomic E-state index is 11.3. The smallest absolute Gasteiger partial charge is 0.224 e. The molecule has 4 N–H and O–H groups in total. The van der Waals surface area contributed by atoms with Gasteiger partial charge in [-0.1, -0.05) is 6.07 Å². The number of rotatable bonds is 4. The number of phenols is 1. The van der Waals surface area contributed by atoms with Gasteiger partial charge in [-0.2, -0.15) is 0 Å². The van der Waals surface area contributed by atoms with E-state index in [-0.39, 0.29) is 11.9 Å². The van der Waals surface area contributed by atoms with E-state index in [2.05, 4.69) is 5.32 Å². The SMILES string of the molecule is CC(C)(CNC1CCCc2ccc(O)cc21)C(N)=O. The quantitative estimate of drug-likeness (QED) is 0.775. The summed E-state index contributed by atoms with van der Waals surface area (Å²) in [6.45, 7) is 4.23. The van der Waals surface area contributed by atoms with Crippen molar-refractivity contribution in [3.8, 4) is 5.75 Å². The highest BCUT2D eigenvalue weighted by Crippen LogP contribution is 2.32. The summed E-state index contributed by atoms with van der Waals surface area (Å²) in [6.07, 6.45) is 3.19. The number of carbonyl (C=O) groups excluding carboxylic acids is 1. The van der Waals surface area contributed by atoms with Gasteiger partial charge in [-0.25, -0.2) is 0 Å². The molecule has 1 atom stereocenters. The molecule has 0 saturated heterocycles. The van der Waals surface area contributed by atoms with E-state index in [1.54, 1.807) is 6.07 Å². The van der Waals surface area contributed by atoms with Crippen LogP contribution in [0.25, 0.3) is 0 Å². The molecule has 0 heterocycles. The molecule has 2 rings (SSSR count). The Bertz CT molecular complexity index is 483. The zero-order chi connectivity index (χ0) is 14.0. The van der Waals surface area contributed by atoms with Crippen molar-refractivity contribution in [2.75, 3.05) is 6.54 Å². The molecule has 1 aliphatic rings. The zero-order valence-electron chi connectivity index (χ0n) is 11.6. The van der Waals surface area contributed by atoms with E-state index >= 15 is 0 Å². The minimum Gasteiger partial charge on any atom is -0.508 e. The topological polar surface area (TPSA) is 75.3 Å². The summed E-state index contributed by atoms with van der Waals surface area (Å²) in [7, 11) is 0. The molecule has 0 bridgehead atoms. The summed E-state index contributed by atoms with van der Waals surface area (Å²) in [6, 6.07) is 5.73. The Hall–Kier alpha value is -1.55. The summed E-state index contributed by atoms with van der Waals surface area (Å²) < 4.78 is 0. The summed E-state index contributed by atoms with van der Waals surface area (Å²) in [4.78, 5) is 11.3. The number of aromatic hydroxyl groups is 1. The maximum Gasteiger partial charge on any atom is 0.224 e. The van der Waals surface area contributed by atoms with Crippen molar-refractivity contribution in [2.45, 2.75) is 39.2 Å². The highest BCUT2D eigenvalue weighted by Gasteiger charge is 2.27. The van der Waals surface area contributed by atoms with Crippen LogP contribution in [-0.4, -0.2) is 17.6 Å². The molecule has 0 spiro atoms. The van der Waals surface area contributed by atoms with Crippen LogP contribution in [0.15, 0.2) is 18.2 Å². The van der Waals surface area contributed by atoms with E-state index in [4.69, 9.17) is 5.73 Å². The van der Waals surface area contributed by atoms with Crippen molar-refractivity contribution >= 4 is 5.91 Å². The van der Waals surface area contributed by atoms with Crippen LogP contribution < -0.4 is 11.1 Å². The predicted octanol–water partition coefficient (Wildman–Crippen LogP) is 1.87. The Balaban J connectivity index is 2.12. The molecule has 1 aliphatic carbocycles. The van der Waals surface area contributed by atoms with Gasteiger partial charge in [-0.05, 0) is 56.4 Å². The summed E-state index contributed by atoms with van der Waals surface area (Å²) in [5.41, 5.74) is 7.25. The van der Waals surface area contributed by atoms with Crippen LogP contribution in [0.5, 0.6) is 5.75 Å². The molecule has 104 valence electrons. The number of hydrogen-bond donors (Lipinski definition) is 3. The summed E-state index contributed by atoms with van der Waals surface area (Å²) >= 11 is 0. The molecule has 1 amide bonds. The fraction of sp³-hybridized carbons (Fsp3) is 0.533. The Kier molecular flexibility index (Phi) is 3.80. The second kappa shape index (κ2) is 5.21. The third-order valence-electron chi connectivity index (χ3n) is 3.90. The molecule has 0 aromatic heterocycles. The van der Waals surface area contributed by atoms with Crippen molar-refractivity contribution < 1.29 is 9.90 Å². The lowest BCUT2D eigenvalue weighted by Crippen LogP contribution is -2.42. The van der Waals surface area contributed by atoms with Crippen LogP contribution in [-0.2, 0) is 11.2 Å². The van der Waals surface area contributed by atoms with Crippen LogP contribution in [0.4, 0.5) is 0 Å². The van der Waals surface area contributed by atoms with Gasteiger partial charge in [-0.15, -0.1) is 0 Å². The first kappa shape index (κ1) is 13.9. The van der Waals surface area contributed by atoms with E-state index in [1.807, 2.05) is 26.0 Å². The van der Waals surface area contributed by atoms with Gasteiger partial charge in [0.25, 0.3) is 0 Å². The number of primary amides is 1. The fourth-order valence-electron chi connectivity index (χ4n) is 2.46. The minimum atomic E-state index is -0.561. The first-order valence-electron chi connectivity index (χ1n) is 6.75. The number of nitrogens with two attached hydrogens (primary N) is 1. The Labute approximate surface area is 114 Å². The van der Waals surface area contributed by atoms with Crippen LogP contribution in [0.3, 0.4) is 0 Å². The number of aryl methyl sites for hydroxylation is 1. The normalized spacial score (nSPS) is 18.9. The van der Waals surface area contributed by atoms with E-state index < -0.39 is 5.41 Å². The van der Waals surface area contributed by atoms with Gasteiger partial charge >= 0.3 is 0 Å². The predicted molar refractivity (Wildman–Crippen MR) is 74.8 cm³/mol. The lowest BCUT2D eigenvalue weighted by atomic mass is 9.86. The molecule has 0 fully saturated rings. The monoisotopic (exact) mass is 262 g/mol. The highest BCUT2D eigenvalue weighted by atomic mass is 16.3.